The van der Waals surface area contributed by atoms with Crippen molar-refractivity contribution in [3.8, 4) is 0 Å². The Labute approximate surface area is 134 Å². The largest absolute Gasteiger partial charge is 0.412 e. The summed E-state index contributed by atoms with van der Waals surface area (Å²) >= 11 is 0. The summed E-state index contributed by atoms with van der Waals surface area (Å²) in [6.45, 7) is 0. The summed E-state index contributed by atoms with van der Waals surface area (Å²) in [5, 5.41) is 0. The Kier molecular flexibility index (Phi) is 27.9. The molecule has 0 aromatic heterocycles. The Bertz CT molecular complexity index is 212. The molecule has 0 aliphatic carbocycles. The summed E-state index contributed by atoms with van der Waals surface area (Å²) in [5.74, 6) is 0. The number of rotatable bonds is 0. The molecular formula is H6Ca2O9S2. The van der Waals surface area contributed by atoms with Crippen LogP contribution in [-0.2, 0) is 20.8 Å². The fraction of sp³-hybridized carbons (Fsp3) is 0. The average Bonchev–Trinajstić information content (AvgIpc) is 1.12. The van der Waals surface area contributed by atoms with E-state index in [0.717, 1.165) is 0 Å². The van der Waals surface area contributed by atoms with E-state index in [1.165, 1.54) is 0 Å². The van der Waals surface area contributed by atoms with Crippen LogP contribution in [0.25, 0.3) is 0 Å². The molecule has 0 amide bonds. The molecule has 4 radical (unpaired) electrons. The van der Waals surface area contributed by atoms with E-state index in [9.17, 15) is 0 Å². The molecule has 0 aliphatic heterocycles. The van der Waals surface area contributed by atoms with E-state index in [1.54, 1.807) is 0 Å². The summed E-state index contributed by atoms with van der Waals surface area (Å²) < 4.78 is 63.2. The van der Waals surface area contributed by atoms with E-state index in [0.29, 0.717) is 0 Å². The van der Waals surface area contributed by atoms with E-state index in [1.807, 2.05) is 0 Å². The molecule has 0 fully saturated rings. The van der Waals surface area contributed by atoms with Crippen molar-refractivity contribution in [1.29, 1.82) is 0 Å². The van der Waals surface area contributed by atoms with Gasteiger partial charge in [0.05, 0.1) is 0 Å². The van der Waals surface area contributed by atoms with Gasteiger partial charge in [-0.25, -0.2) is 0 Å². The molecule has 13 heavy (non-hydrogen) atoms. The van der Waals surface area contributed by atoms with Crippen molar-refractivity contribution in [1.82, 2.24) is 0 Å². The predicted molar refractivity (Wildman–Crippen MR) is 43.5 cm³/mol. The predicted octanol–water partition coefficient (Wildman–Crippen LogP) is -2.89. The number of hydrogen-bond donors (Lipinski definition) is 4. The molecule has 0 aromatic rings. The molecule has 0 saturated heterocycles. The molecular weight excluding hydrogens is 288 g/mol. The fourth-order valence-corrected chi connectivity index (χ4v) is 0. The molecule has 0 unspecified atom stereocenters. The van der Waals surface area contributed by atoms with Gasteiger partial charge in [-0.2, -0.15) is 16.8 Å². The Morgan fingerprint density at radius 2 is 0.615 bits per heavy atom. The first kappa shape index (κ1) is 29.5. The molecule has 0 heterocycles. The summed E-state index contributed by atoms with van der Waals surface area (Å²) in [4.78, 5) is 0. The molecule has 0 aliphatic rings. The van der Waals surface area contributed by atoms with Crippen LogP contribution in [0, 0.1) is 0 Å². The van der Waals surface area contributed by atoms with Crippen molar-refractivity contribution in [3.05, 3.63) is 0 Å². The molecule has 0 spiro atoms. The van der Waals surface area contributed by atoms with Crippen molar-refractivity contribution < 1.29 is 40.5 Å². The van der Waals surface area contributed by atoms with Crippen LogP contribution < -0.4 is 0 Å². The monoisotopic (exact) mass is 294 g/mol. The standard InChI is InChI=1S/2Ca.2H2O4S.H2O/c;;2*1-5(2,3)4;/h;;2*(H2,1,2,3,4);1H2. The average molecular weight is 294 g/mol. The summed E-state index contributed by atoms with van der Waals surface area (Å²) in [5.41, 5.74) is 0. The third-order valence-electron chi connectivity index (χ3n) is 0. The van der Waals surface area contributed by atoms with Crippen molar-refractivity contribution in [2.75, 3.05) is 0 Å². The van der Waals surface area contributed by atoms with Gasteiger partial charge in [-0.15, -0.1) is 0 Å². The van der Waals surface area contributed by atoms with Gasteiger partial charge in [0.15, 0.2) is 0 Å². The minimum Gasteiger partial charge on any atom is -0.412 e. The van der Waals surface area contributed by atoms with Crippen LogP contribution in [-0.4, -0.2) is 116 Å². The topological polar surface area (TPSA) is 181 Å². The summed E-state index contributed by atoms with van der Waals surface area (Å²) in [6.07, 6.45) is 0. The Morgan fingerprint density at radius 1 is 0.615 bits per heavy atom. The first-order valence-corrected chi connectivity index (χ1v) is 4.19. The Hall–Kier alpha value is 2.22. The van der Waals surface area contributed by atoms with Crippen molar-refractivity contribution in [3.63, 3.8) is 0 Å². The SMILES string of the molecule is O.O=S(=O)(O)O.O=S(=O)(O)O.[Ca].[Ca]. The number of hydrogen-bond acceptors (Lipinski definition) is 4. The van der Waals surface area contributed by atoms with Crippen molar-refractivity contribution in [2.45, 2.75) is 0 Å². The van der Waals surface area contributed by atoms with Crippen LogP contribution in [0.3, 0.4) is 0 Å². The maximum absolute atomic E-state index is 8.74. The molecule has 0 atom stereocenters. The minimum atomic E-state index is -4.67. The van der Waals surface area contributed by atoms with E-state index in [4.69, 9.17) is 35.0 Å². The molecule has 0 aromatic carbocycles. The maximum Gasteiger partial charge on any atom is 0.394 e. The second-order valence-electron chi connectivity index (χ2n) is 0.896. The zero-order valence-electron chi connectivity index (χ0n) is 6.15. The van der Waals surface area contributed by atoms with Gasteiger partial charge in [-0.05, 0) is 0 Å². The minimum absolute atomic E-state index is 0. The molecule has 0 rings (SSSR count). The third kappa shape index (κ3) is 431. The van der Waals surface area contributed by atoms with Gasteiger partial charge in [0, 0.05) is 75.5 Å². The zero-order chi connectivity index (χ0) is 9.00. The molecule has 13 heteroatoms. The van der Waals surface area contributed by atoms with E-state index >= 15 is 0 Å². The van der Waals surface area contributed by atoms with E-state index in [-0.39, 0.29) is 81.0 Å². The second-order valence-corrected chi connectivity index (χ2v) is 2.69. The molecule has 76 valence electrons. The van der Waals surface area contributed by atoms with Crippen LogP contribution >= 0.6 is 0 Å². The van der Waals surface area contributed by atoms with Gasteiger partial charge in [0.1, 0.15) is 0 Å². The smallest absolute Gasteiger partial charge is 0.394 e. The first-order valence-electron chi connectivity index (χ1n) is 1.40. The Morgan fingerprint density at radius 3 is 0.615 bits per heavy atom. The molecule has 6 N–H and O–H groups in total. The van der Waals surface area contributed by atoms with Gasteiger partial charge < -0.3 is 5.48 Å². The third-order valence-corrected chi connectivity index (χ3v) is 0. The molecule has 0 saturated carbocycles. The van der Waals surface area contributed by atoms with Gasteiger partial charge in [-0.3, -0.25) is 18.2 Å². The summed E-state index contributed by atoms with van der Waals surface area (Å²) in [6, 6.07) is 0. The van der Waals surface area contributed by atoms with Crippen LogP contribution in [0.4, 0.5) is 0 Å². The van der Waals surface area contributed by atoms with E-state index in [2.05, 4.69) is 0 Å². The normalized spacial score (nSPS) is 8.92. The summed E-state index contributed by atoms with van der Waals surface area (Å²) in [7, 11) is -9.33. The van der Waals surface area contributed by atoms with Crippen molar-refractivity contribution >= 4 is 96.3 Å². The van der Waals surface area contributed by atoms with E-state index < -0.39 is 20.8 Å². The Balaban J connectivity index is -0.0000000267. The quantitative estimate of drug-likeness (QED) is 0.271. The van der Waals surface area contributed by atoms with Crippen molar-refractivity contribution in [2.24, 2.45) is 0 Å². The maximum atomic E-state index is 8.74. The fourth-order valence-electron chi connectivity index (χ4n) is 0. The second kappa shape index (κ2) is 12.3. The van der Waals surface area contributed by atoms with Gasteiger partial charge in [0.25, 0.3) is 0 Å². The molecule has 0 bridgehead atoms. The molecule has 9 nitrogen and oxygen atoms in total. The van der Waals surface area contributed by atoms with Crippen LogP contribution in [0.2, 0.25) is 0 Å². The van der Waals surface area contributed by atoms with Gasteiger partial charge >= 0.3 is 20.8 Å². The van der Waals surface area contributed by atoms with Crippen LogP contribution in [0.1, 0.15) is 0 Å². The van der Waals surface area contributed by atoms with Crippen LogP contribution in [0.15, 0.2) is 0 Å². The first-order chi connectivity index (χ1) is 4.00. The van der Waals surface area contributed by atoms with Gasteiger partial charge in [-0.1, -0.05) is 0 Å². The van der Waals surface area contributed by atoms with Gasteiger partial charge in [0.2, 0.25) is 0 Å². The van der Waals surface area contributed by atoms with Crippen LogP contribution in [0.5, 0.6) is 0 Å². The zero-order valence-corrected chi connectivity index (χ0v) is 12.2.